The number of nitriles is 1. The lowest BCUT2D eigenvalue weighted by Crippen LogP contribution is -2.19. The molecule has 5 nitrogen and oxygen atoms in total. The van der Waals surface area contributed by atoms with E-state index in [-0.39, 0.29) is 5.75 Å². The van der Waals surface area contributed by atoms with E-state index >= 15 is 0 Å². The first-order valence-electron chi connectivity index (χ1n) is 10.4. The third-order valence-electron chi connectivity index (χ3n) is 5.05. The summed E-state index contributed by atoms with van der Waals surface area (Å²) >= 11 is 0. The SMILES string of the molecule is CC.CCn1c(-c2ccc(N3CCCS3=O)cc2)c(C#N)c2ccc(OC(F)(F)F)cc21. The van der Waals surface area contributed by atoms with Gasteiger partial charge >= 0.3 is 6.36 Å². The molecule has 32 heavy (non-hydrogen) atoms. The van der Waals surface area contributed by atoms with Crippen LogP contribution in [0.2, 0.25) is 0 Å². The van der Waals surface area contributed by atoms with Crippen LogP contribution in [0.1, 0.15) is 32.8 Å². The van der Waals surface area contributed by atoms with Crippen molar-refractivity contribution in [2.75, 3.05) is 16.6 Å². The highest BCUT2D eigenvalue weighted by Gasteiger charge is 2.31. The second kappa shape index (κ2) is 9.65. The van der Waals surface area contributed by atoms with E-state index in [1.54, 1.807) is 4.57 Å². The van der Waals surface area contributed by atoms with Crippen LogP contribution in [-0.4, -0.2) is 27.4 Å². The summed E-state index contributed by atoms with van der Waals surface area (Å²) in [5, 5.41) is 10.3. The molecular weight excluding hydrogens is 439 g/mol. The topological polar surface area (TPSA) is 58.3 Å². The molecule has 4 rings (SSSR count). The second-order valence-corrected chi connectivity index (χ2v) is 8.33. The van der Waals surface area contributed by atoms with Gasteiger partial charge in [-0.1, -0.05) is 26.0 Å². The zero-order valence-electron chi connectivity index (χ0n) is 18.1. The molecule has 0 saturated carbocycles. The molecule has 1 fully saturated rings. The molecule has 1 atom stereocenters. The Hall–Kier alpha value is -2.99. The molecule has 0 radical (unpaired) electrons. The molecule has 3 aromatic rings. The number of halogens is 3. The smallest absolute Gasteiger partial charge is 0.406 e. The van der Waals surface area contributed by atoms with Crippen molar-refractivity contribution < 1.29 is 22.1 Å². The van der Waals surface area contributed by atoms with Crippen molar-refractivity contribution in [3.8, 4) is 23.1 Å². The monoisotopic (exact) mass is 463 g/mol. The normalized spacial score (nSPS) is 15.9. The number of fused-ring (bicyclic) bond motifs is 1. The van der Waals surface area contributed by atoms with Gasteiger partial charge in [0.05, 0.1) is 16.8 Å². The van der Waals surface area contributed by atoms with Crippen LogP contribution in [0.4, 0.5) is 18.9 Å². The van der Waals surface area contributed by atoms with Gasteiger partial charge in [-0.05, 0) is 43.2 Å². The number of ether oxygens (including phenoxy) is 1. The van der Waals surface area contributed by atoms with E-state index < -0.39 is 17.3 Å². The van der Waals surface area contributed by atoms with Crippen molar-refractivity contribution in [1.82, 2.24) is 4.57 Å². The number of rotatable bonds is 4. The zero-order chi connectivity index (χ0) is 23.5. The highest BCUT2D eigenvalue weighted by atomic mass is 32.2. The molecule has 0 N–H and O–H groups in total. The van der Waals surface area contributed by atoms with Crippen LogP contribution in [0.3, 0.4) is 0 Å². The Kier molecular flexibility index (Phi) is 7.14. The van der Waals surface area contributed by atoms with Gasteiger partial charge in [0.1, 0.15) is 22.8 Å². The van der Waals surface area contributed by atoms with E-state index in [0.717, 1.165) is 24.2 Å². The van der Waals surface area contributed by atoms with E-state index in [1.807, 2.05) is 49.3 Å². The zero-order valence-corrected chi connectivity index (χ0v) is 18.9. The van der Waals surface area contributed by atoms with Crippen LogP contribution < -0.4 is 9.04 Å². The first-order chi connectivity index (χ1) is 15.3. The van der Waals surface area contributed by atoms with Crippen LogP contribution >= 0.6 is 0 Å². The summed E-state index contributed by atoms with van der Waals surface area (Å²) in [5.41, 5.74) is 3.12. The molecule has 0 amide bonds. The molecule has 9 heteroatoms. The molecule has 0 spiro atoms. The summed E-state index contributed by atoms with van der Waals surface area (Å²) in [5.74, 6) is 0.317. The van der Waals surface area contributed by atoms with Crippen LogP contribution in [0.5, 0.6) is 5.75 Å². The van der Waals surface area contributed by atoms with Gasteiger partial charge in [-0.2, -0.15) is 5.26 Å². The standard InChI is InChI=1S/C21H18F3N3O2S.C2H6/c1-2-26-19-12-16(29-21(22,23)24)8-9-17(19)18(13-25)20(26)14-4-6-15(7-5-14)27-10-3-11-30(27)28;1-2/h4-9,12H,2-3,10-11H2,1H3;1-2H3. The van der Waals surface area contributed by atoms with Gasteiger partial charge in [-0.25, -0.2) is 4.21 Å². The molecule has 1 aliphatic heterocycles. The third kappa shape index (κ3) is 4.60. The van der Waals surface area contributed by atoms with E-state index in [2.05, 4.69) is 10.8 Å². The molecule has 1 aromatic heterocycles. The summed E-state index contributed by atoms with van der Waals surface area (Å²) < 4.78 is 57.6. The van der Waals surface area contributed by atoms with Gasteiger partial charge in [0, 0.05) is 36.0 Å². The van der Waals surface area contributed by atoms with Crippen molar-refractivity contribution in [2.24, 2.45) is 0 Å². The predicted molar refractivity (Wildman–Crippen MR) is 121 cm³/mol. The molecule has 1 unspecified atom stereocenters. The van der Waals surface area contributed by atoms with Gasteiger partial charge in [0.2, 0.25) is 0 Å². The maximum Gasteiger partial charge on any atom is 0.573 e. The second-order valence-electron chi connectivity index (χ2n) is 6.83. The Balaban J connectivity index is 0.00000141. The Morgan fingerprint density at radius 3 is 2.38 bits per heavy atom. The highest BCUT2D eigenvalue weighted by molar-refractivity contribution is 7.86. The summed E-state index contributed by atoms with van der Waals surface area (Å²) in [4.78, 5) is 0. The molecule has 0 bridgehead atoms. The number of benzene rings is 2. The molecule has 170 valence electrons. The van der Waals surface area contributed by atoms with Gasteiger partial charge in [-0.15, -0.1) is 13.2 Å². The van der Waals surface area contributed by atoms with Crippen LogP contribution in [0.25, 0.3) is 22.2 Å². The Morgan fingerprint density at radius 1 is 1.16 bits per heavy atom. The fraction of sp³-hybridized carbons (Fsp3) is 0.348. The minimum Gasteiger partial charge on any atom is -0.406 e. The molecular formula is C23H24F3N3O2S. The summed E-state index contributed by atoms with van der Waals surface area (Å²) in [7, 11) is -1.03. The van der Waals surface area contributed by atoms with Crippen molar-refractivity contribution in [2.45, 2.75) is 40.1 Å². The largest absolute Gasteiger partial charge is 0.573 e. The average Bonchev–Trinajstić information content (AvgIpc) is 3.34. The third-order valence-corrected chi connectivity index (χ3v) is 6.58. The molecule has 1 saturated heterocycles. The highest BCUT2D eigenvalue weighted by Crippen LogP contribution is 2.37. The fourth-order valence-corrected chi connectivity index (χ4v) is 5.13. The predicted octanol–water partition coefficient (Wildman–Crippen LogP) is 6.00. The van der Waals surface area contributed by atoms with Crippen LogP contribution in [0, 0.1) is 11.3 Å². The van der Waals surface area contributed by atoms with Crippen LogP contribution in [-0.2, 0) is 17.5 Å². The maximum atomic E-state index is 12.6. The minimum absolute atomic E-state index is 0.329. The number of hydrogen-bond donors (Lipinski definition) is 0. The van der Waals surface area contributed by atoms with Crippen molar-refractivity contribution in [3.63, 3.8) is 0 Å². The number of anilines is 1. The number of alkyl halides is 3. The van der Waals surface area contributed by atoms with Crippen molar-refractivity contribution >= 4 is 27.6 Å². The Labute approximate surface area is 187 Å². The first-order valence-corrected chi connectivity index (χ1v) is 11.7. The first kappa shape index (κ1) is 23.7. The summed E-state index contributed by atoms with van der Waals surface area (Å²) in [6, 6.07) is 13.6. The van der Waals surface area contributed by atoms with E-state index in [0.29, 0.717) is 34.5 Å². The molecule has 1 aliphatic rings. The van der Waals surface area contributed by atoms with Gasteiger partial charge in [-0.3, -0.25) is 4.31 Å². The number of nitrogens with zero attached hydrogens (tertiary/aromatic N) is 3. The lowest BCUT2D eigenvalue weighted by molar-refractivity contribution is -0.274. The van der Waals surface area contributed by atoms with E-state index in [1.165, 1.54) is 18.2 Å². The summed E-state index contributed by atoms with van der Waals surface area (Å²) in [6.07, 6.45) is -3.91. The minimum atomic E-state index is -4.79. The Bertz CT molecular complexity index is 1160. The fourth-order valence-electron chi connectivity index (χ4n) is 3.84. The quantitative estimate of drug-likeness (QED) is 0.477. The Morgan fingerprint density at radius 2 is 1.84 bits per heavy atom. The average molecular weight is 464 g/mol. The molecule has 2 heterocycles. The van der Waals surface area contributed by atoms with Crippen LogP contribution in [0.15, 0.2) is 42.5 Å². The lowest BCUT2D eigenvalue weighted by Gasteiger charge is -2.16. The molecule has 2 aromatic carbocycles. The van der Waals surface area contributed by atoms with E-state index in [9.17, 15) is 22.6 Å². The van der Waals surface area contributed by atoms with Gasteiger partial charge < -0.3 is 9.30 Å². The maximum absolute atomic E-state index is 12.6. The number of aryl methyl sites for hydroxylation is 1. The number of aromatic nitrogens is 1. The van der Waals surface area contributed by atoms with Gasteiger partial charge in [0.25, 0.3) is 0 Å². The van der Waals surface area contributed by atoms with E-state index in [4.69, 9.17) is 0 Å². The summed E-state index contributed by atoms with van der Waals surface area (Å²) in [6.45, 7) is 7.05. The van der Waals surface area contributed by atoms with Gasteiger partial charge in [0.15, 0.2) is 0 Å². The van der Waals surface area contributed by atoms with Crippen molar-refractivity contribution in [1.29, 1.82) is 5.26 Å². The lowest BCUT2D eigenvalue weighted by atomic mass is 10.1. The van der Waals surface area contributed by atoms with Crippen molar-refractivity contribution in [3.05, 3.63) is 48.0 Å². The number of hydrogen-bond acceptors (Lipinski definition) is 3. The molecule has 0 aliphatic carbocycles.